The highest BCUT2D eigenvalue weighted by molar-refractivity contribution is 5.94. The molecule has 1 N–H and O–H groups in total. The molecule has 2 aromatic carbocycles. The lowest BCUT2D eigenvalue weighted by molar-refractivity contribution is 0.0695. The summed E-state index contributed by atoms with van der Waals surface area (Å²) in [5.74, 6) is -3.62. The topological polar surface area (TPSA) is 65.8 Å². The van der Waals surface area contributed by atoms with Crippen LogP contribution in [0.5, 0.6) is 0 Å². The molecule has 1 fully saturated rings. The number of hydrogen-bond acceptors (Lipinski definition) is 4. The van der Waals surface area contributed by atoms with Gasteiger partial charge in [0.25, 0.3) is 0 Å². The van der Waals surface area contributed by atoms with Crippen molar-refractivity contribution in [3.05, 3.63) is 69.8 Å². The summed E-state index contributed by atoms with van der Waals surface area (Å²) in [6.07, 6.45) is 1.85. The van der Waals surface area contributed by atoms with Crippen LogP contribution in [0.2, 0.25) is 0 Å². The number of fused-ring (bicyclic) bond motifs is 1. The maximum absolute atomic E-state index is 15.2. The quantitative estimate of drug-likeness (QED) is 0.627. The first-order valence-electron chi connectivity index (χ1n) is 10.6. The number of carboxylic acids is 1. The predicted molar refractivity (Wildman–Crippen MR) is 120 cm³/mol. The van der Waals surface area contributed by atoms with Crippen LogP contribution >= 0.6 is 0 Å². The molecule has 9 heteroatoms. The number of carbonyl (C=O) groups is 1. The van der Waals surface area contributed by atoms with Crippen LogP contribution in [0.1, 0.15) is 23.7 Å². The van der Waals surface area contributed by atoms with Gasteiger partial charge in [-0.05, 0) is 57.6 Å². The van der Waals surface area contributed by atoms with Crippen molar-refractivity contribution in [1.82, 2.24) is 9.47 Å². The van der Waals surface area contributed by atoms with Crippen molar-refractivity contribution in [3.8, 4) is 5.69 Å². The molecule has 1 aromatic heterocycles. The summed E-state index contributed by atoms with van der Waals surface area (Å²) in [5.41, 5.74) is -1.28. The Morgan fingerprint density at radius 2 is 1.82 bits per heavy atom. The zero-order chi connectivity index (χ0) is 24.0. The van der Waals surface area contributed by atoms with Gasteiger partial charge in [-0.1, -0.05) is 0 Å². The van der Waals surface area contributed by atoms with E-state index in [1.807, 2.05) is 19.0 Å². The fourth-order valence-corrected chi connectivity index (χ4v) is 4.43. The van der Waals surface area contributed by atoms with Gasteiger partial charge >= 0.3 is 5.97 Å². The molecule has 6 nitrogen and oxygen atoms in total. The van der Waals surface area contributed by atoms with Crippen molar-refractivity contribution in [2.45, 2.75) is 19.4 Å². The van der Waals surface area contributed by atoms with Crippen molar-refractivity contribution in [1.29, 1.82) is 0 Å². The smallest absolute Gasteiger partial charge is 0.341 e. The van der Waals surface area contributed by atoms with E-state index >= 15 is 4.39 Å². The number of anilines is 1. The molecule has 4 rings (SSSR count). The monoisotopic (exact) mass is 459 g/mol. The lowest BCUT2D eigenvalue weighted by Gasteiger charge is -2.27. The SMILES string of the molecule is C[C@H]([C@@H]1CCN(c2cc3c(cc2F)c(=O)c(C(=O)O)cn3-c2ccc(F)cc2F)C1)N(C)C. The first-order chi connectivity index (χ1) is 15.6. The number of aromatic carboxylic acids is 1. The molecule has 0 amide bonds. The molecule has 1 aliphatic rings. The Hall–Kier alpha value is -3.33. The summed E-state index contributed by atoms with van der Waals surface area (Å²) >= 11 is 0. The molecule has 0 spiro atoms. The highest BCUT2D eigenvalue weighted by Gasteiger charge is 2.30. The molecule has 33 heavy (non-hydrogen) atoms. The summed E-state index contributed by atoms with van der Waals surface area (Å²) < 4.78 is 44.4. The largest absolute Gasteiger partial charge is 0.477 e. The third kappa shape index (κ3) is 4.08. The number of aromatic nitrogens is 1. The van der Waals surface area contributed by atoms with Crippen LogP contribution in [0, 0.1) is 23.4 Å². The molecule has 0 saturated carbocycles. The number of carboxylic acid groups (broad SMARTS) is 1. The van der Waals surface area contributed by atoms with E-state index in [1.165, 1.54) is 6.07 Å². The van der Waals surface area contributed by atoms with Gasteiger partial charge in [0.15, 0.2) is 0 Å². The Morgan fingerprint density at radius 1 is 1.12 bits per heavy atom. The van der Waals surface area contributed by atoms with Gasteiger partial charge in [0.1, 0.15) is 23.0 Å². The molecule has 174 valence electrons. The molecule has 1 saturated heterocycles. The Labute approximate surface area is 188 Å². The molecular formula is C24H24F3N3O3. The van der Waals surface area contributed by atoms with Crippen LogP contribution in [0.25, 0.3) is 16.6 Å². The van der Waals surface area contributed by atoms with E-state index in [-0.39, 0.29) is 28.3 Å². The fourth-order valence-electron chi connectivity index (χ4n) is 4.43. The van der Waals surface area contributed by atoms with E-state index in [0.717, 1.165) is 35.4 Å². The fraction of sp³-hybridized carbons (Fsp3) is 0.333. The van der Waals surface area contributed by atoms with Crippen molar-refractivity contribution >= 4 is 22.6 Å². The average Bonchev–Trinajstić information content (AvgIpc) is 3.23. The molecule has 3 aromatic rings. The number of benzene rings is 2. The molecule has 1 aliphatic heterocycles. The second-order valence-electron chi connectivity index (χ2n) is 8.66. The second-order valence-corrected chi connectivity index (χ2v) is 8.66. The molecule has 2 heterocycles. The van der Waals surface area contributed by atoms with Crippen LogP contribution in [0.4, 0.5) is 18.9 Å². The Bertz CT molecular complexity index is 1310. The van der Waals surface area contributed by atoms with Gasteiger partial charge in [-0.3, -0.25) is 4.79 Å². The van der Waals surface area contributed by atoms with Crippen LogP contribution in [0.3, 0.4) is 0 Å². The van der Waals surface area contributed by atoms with Crippen molar-refractivity contribution in [3.63, 3.8) is 0 Å². The van der Waals surface area contributed by atoms with Gasteiger partial charge in [-0.2, -0.15) is 0 Å². The summed E-state index contributed by atoms with van der Waals surface area (Å²) in [5, 5.41) is 9.26. The number of nitrogens with zero attached hydrogens (tertiary/aromatic N) is 3. The molecule has 0 bridgehead atoms. The number of halogens is 3. The maximum Gasteiger partial charge on any atom is 0.341 e. The van der Waals surface area contributed by atoms with Gasteiger partial charge in [0.2, 0.25) is 5.43 Å². The number of rotatable bonds is 5. The molecule has 0 aliphatic carbocycles. The molecule has 0 unspecified atom stereocenters. The van der Waals surface area contributed by atoms with E-state index in [2.05, 4.69) is 11.8 Å². The van der Waals surface area contributed by atoms with Gasteiger partial charge < -0.3 is 19.5 Å². The van der Waals surface area contributed by atoms with Crippen LogP contribution < -0.4 is 10.3 Å². The highest BCUT2D eigenvalue weighted by Crippen LogP contribution is 2.32. The zero-order valence-corrected chi connectivity index (χ0v) is 18.5. The summed E-state index contributed by atoms with van der Waals surface area (Å²) in [6, 6.07) is 5.55. The Morgan fingerprint density at radius 3 is 2.45 bits per heavy atom. The third-order valence-electron chi connectivity index (χ3n) is 6.53. The number of pyridine rings is 1. The van der Waals surface area contributed by atoms with Gasteiger partial charge in [0, 0.05) is 36.8 Å². The third-order valence-corrected chi connectivity index (χ3v) is 6.53. The molecule has 2 atom stereocenters. The minimum Gasteiger partial charge on any atom is -0.477 e. The minimum atomic E-state index is -1.53. The summed E-state index contributed by atoms with van der Waals surface area (Å²) in [6.45, 7) is 3.31. The van der Waals surface area contributed by atoms with E-state index < -0.39 is 34.4 Å². The van der Waals surface area contributed by atoms with E-state index in [4.69, 9.17) is 0 Å². The number of hydrogen-bond donors (Lipinski definition) is 1. The van der Waals surface area contributed by atoms with Gasteiger partial charge in [0.05, 0.1) is 16.9 Å². The van der Waals surface area contributed by atoms with Gasteiger partial charge in [-0.25, -0.2) is 18.0 Å². The summed E-state index contributed by atoms with van der Waals surface area (Å²) in [4.78, 5) is 28.4. The molecule has 0 radical (unpaired) electrons. The average molecular weight is 459 g/mol. The Kier molecular flexibility index (Phi) is 5.92. The van der Waals surface area contributed by atoms with E-state index in [1.54, 1.807) is 0 Å². The van der Waals surface area contributed by atoms with Crippen molar-refractivity contribution < 1.29 is 23.1 Å². The van der Waals surface area contributed by atoms with Crippen molar-refractivity contribution in [2.75, 3.05) is 32.1 Å². The predicted octanol–water partition coefficient (Wildman–Crippen LogP) is 3.88. The van der Waals surface area contributed by atoms with E-state index in [0.29, 0.717) is 25.1 Å². The zero-order valence-electron chi connectivity index (χ0n) is 18.5. The maximum atomic E-state index is 15.2. The van der Waals surface area contributed by atoms with Crippen molar-refractivity contribution in [2.24, 2.45) is 5.92 Å². The normalized spacial score (nSPS) is 17.2. The second kappa shape index (κ2) is 8.55. The lowest BCUT2D eigenvalue weighted by Crippen LogP contribution is -2.34. The van der Waals surface area contributed by atoms with Crippen LogP contribution in [-0.4, -0.2) is 53.8 Å². The standard InChI is InChI=1S/C24H24F3N3O3/c1-13(28(2)3)14-6-7-29(11-14)22-10-21-16(9-19(22)27)23(31)17(24(32)33)12-30(21)20-5-4-15(25)8-18(20)26/h4-5,8-10,12-14H,6-7,11H2,1-3H3,(H,32,33)/t13-,14-/m1/s1. The lowest BCUT2D eigenvalue weighted by atomic mass is 10.00. The van der Waals surface area contributed by atoms with E-state index in [9.17, 15) is 23.5 Å². The summed E-state index contributed by atoms with van der Waals surface area (Å²) in [7, 11) is 3.97. The first kappa shape index (κ1) is 22.8. The minimum absolute atomic E-state index is 0.135. The Balaban J connectivity index is 1.91. The highest BCUT2D eigenvalue weighted by atomic mass is 19.1. The first-order valence-corrected chi connectivity index (χ1v) is 10.6. The van der Waals surface area contributed by atoms with Gasteiger partial charge in [-0.15, -0.1) is 0 Å². The van der Waals surface area contributed by atoms with Crippen LogP contribution in [0.15, 0.2) is 41.3 Å². The van der Waals surface area contributed by atoms with Crippen LogP contribution in [-0.2, 0) is 0 Å². The molecular weight excluding hydrogens is 435 g/mol.